The number of aryl methyl sites for hydroxylation is 1. The standard InChI is InChI=1S/C10H14O3.C4H6/c1-7-5-8(11-2)10(13-4)9(6-7)12-3;1-3-4-2/h5-6H,1-4H3;3-4H,1-2H2. The zero-order valence-electron chi connectivity index (χ0n) is 10.9. The summed E-state index contributed by atoms with van der Waals surface area (Å²) in [5.41, 5.74) is 1.08. The number of hydrogen-bond donors (Lipinski definition) is 0. The summed E-state index contributed by atoms with van der Waals surface area (Å²) in [6.07, 6.45) is 3.28. The predicted octanol–water partition coefficient (Wildman–Crippen LogP) is 3.38. The normalized spacial score (nSPS) is 8.47. The summed E-state index contributed by atoms with van der Waals surface area (Å²) in [5, 5.41) is 0. The second kappa shape index (κ2) is 8.28. The highest BCUT2D eigenvalue weighted by atomic mass is 16.5. The van der Waals surface area contributed by atoms with Gasteiger partial charge in [-0.05, 0) is 24.6 Å². The van der Waals surface area contributed by atoms with Crippen LogP contribution in [-0.2, 0) is 0 Å². The second-order valence-corrected chi connectivity index (χ2v) is 3.17. The molecular formula is C14H20O3. The lowest BCUT2D eigenvalue weighted by molar-refractivity contribution is 0.324. The van der Waals surface area contributed by atoms with E-state index in [0.29, 0.717) is 17.2 Å². The fourth-order valence-electron chi connectivity index (χ4n) is 1.21. The van der Waals surface area contributed by atoms with Gasteiger partial charge in [-0.15, -0.1) is 0 Å². The smallest absolute Gasteiger partial charge is 0.203 e. The van der Waals surface area contributed by atoms with Gasteiger partial charge < -0.3 is 14.2 Å². The first kappa shape index (κ1) is 15.1. The second-order valence-electron chi connectivity index (χ2n) is 3.17. The molecule has 1 rings (SSSR count). The zero-order chi connectivity index (χ0) is 13.3. The Morgan fingerprint density at radius 1 is 0.882 bits per heavy atom. The summed E-state index contributed by atoms with van der Waals surface area (Å²) >= 11 is 0. The maximum Gasteiger partial charge on any atom is 0.203 e. The average molecular weight is 236 g/mol. The van der Waals surface area contributed by atoms with Crippen LogP contribution in [0, 0.1) is 6.92 Å². The average Bonchev–Trinajstić information content (AvgIpc) is 2.37. The van der Waals surface area contributed by atoms with Gasteiger partial charge in [0.2, 0.25) is 5.75 Å². The molecular weight excluding hydrogens is 216 g/mol. The molecule has 94 valence electrons. The number of allylic oxidation sites excluding steroid dienone is 2. The summed E-state index contributed by atoms with van der Waals surface area (Å²) in [5.74, 6) is 2.02. The van der Waals surface area contributed by atoms with Crippen LogP contribution in [0.5, 0.6) is 17.2 Å². The van der Waals surface area contributed by atoms with E-state index < -0.39 is 0 Å². The maximum absolute atomic E-state index is 5.16. The molecule has 0 amide bonds. The minimum absolute atomic E-state index is 0.635. The first-order chi connectivity index (χ1) is 8.14. The molecule has 0 radical (unpaired) electrons. The molecule has 3 nitrogen and oxygen atoms in total. The molecule has 0 aliphatic heterocycles. The Bertz CT molecular complexity index is 339. The Morgan fingerprint density at radius 2 is 1.29 bits per heavy atom. The quantitative estimate of drug-likeness (QED) is 0.750. The van der Waals surface area contributed by atoms with E-state index in [4.69, 9.17) is 14.2 Å². The van der Waals surface area contributed by atoms with E-state index in [1.54, 1.807) is 33.5 Å². The van der Waals surface area contributed by atoms with E-state index in [1.165, 1.54) is 0 Å². The molecule has 0 unspecified atom stereocenters. The molecule has 0 bridgehead atoms. The lowest BCUT2D eigenvalue weighted by Gasteiger charge is -2.12. The van der Waals surface area contributed by atoms with Gasteiger partial charge in [0, 0.05) is 0 Å². The van der Waals surface area contributed by atoms with Crippen molar-refractivity contribution >= 4 is 0 Å². The van der Waals surface area contributed by atoms with E-state index in [9.17, 15) is 0 Å². The highest BCUT2D eigenvalue weighted by molar-refractivity contribution is 5.53. The van der Waals surface area contributed by atoms with Crippen molar-refractivity contribution in [3.05, 3.63) is 43.0 Å². The van der Waals surface area contributed by atoms with Crippen molar-refractivity contribution in [2.75, 3.05) is 21.3 Å². The lowest BCUT2D eigenvalue weighted by Crippen LogP contribution is -1.95. The van der Waals surface area contributed by atoms with Crippen LogP contribution in [0.2, 0.25) is 0 Å². The first-order valence-corrected chi connectivity index (χ1v) is 5.14. The Hall–Kier alpha value is -1.90. The van der Waals surface area contributed by atoms with Crippen LogP contribution in [0.3, 0.4) is 0 Å². The van der Waals surface area contributed by atoms with Crippen molar-refractivity contribution in [3.63, 3.8) is 0 Å². The van der Waals surface area contributed by atoms with E-state index in [2.05, 4.69) is 13.2 Å². The fourth-order valence-corrected chi connectivity index (χ4v) is 1.21. The third-order valence-electron chi connectivity index (χ3n) is 1.98. The molecule has 0 saturated carbocycles. The van der Waals surface area contributed by atoms with Crippen LogP contribution in [-0.4, -0.2) is 21.3 Å². The van der Waals surface area contributed by atoms with E-state index in [-0.39, 0.29) is 0 Å². The topological polar surface area (TPSA) is 27.7 Å². The Balaban J connectivity index is 0.000000557. The van der Waals surface area contributed by atoms with E-state index >= 15 is 0 Å². The predicted molar refractivity (Wildman–Crippen MR) is 71.2 cm³/mol. The Morgan fingerprint density at radius 3 is 1.53 bits per heavy atom. The molecule has 0 saturated heterocycles. The molecule has 3 heteroatoms. The maximum atomic E-state index is 5.16. The van der Waals surface area contributed by atoms with Crippen molar-refractivity contribution in [3.8, 4) is 17.2 Å². The van der Waals surface area contributed by atoms with Crippen LogP contribution in [0.25, 0.3) is 0 Å². The Labute approximate surface area is 103 Å². The summed E-state index contributed by atoms with van der Waals surface area (Å²) in [4.78, 5) is 0. The van der Waals surface area contributed by atoms with Crippen molar-refractivity contribution in [1.82, 2.24) is 0 Å². The van der Waals surface area contributed by atoms with E-state index in [1.807, 2.05) is 19.1 Å². The van der Waals surface area contributed by atoms with Crippen molar-refractivity contribution < 1.29 is 14.2 Å². The van der Waals surface area contributed by atoms with Gasteiger partial charge in [0.25, 0.3) is 0 Å². The van der Waals surface area contributed by atoms with Crippen molar-refractivity contribution in [2.24, 2.45) is 0 Å². The minimum Gasteiger partial charge on any atom is -0.493 e. The molecule has 0 spiro atoms. The number of benzene rings is 1. The summed E-state index contributed by atoms with van der Waals surface area (Å²) in [7, 11) is 4.81. The Kier molecular flexibility index (Phi) is 7.35. The van der Waals surface area contributed by atoms with Gasteiger partial charge >= 0.3 is 0 Å². The molecule has 0 aliphatic rings. The zero-order valence-corrected chi connectivity index (χ0v) is 10.9. The molecule has 17 heavy (non-hydrogen) atoms. The van der Waals surface area contributed by atoms with Crippen LogP contribution in [0.15, 0.2) is 37.4 Å². The highest BCUT2D eigenvalue weighted by Crippen LogP contribution is 2.37. The van der Waals surface area contributed by atoms with Gasteiger partial charge in [-0.3, -0.25) is 0 Å². The van der Waals surface area contributed by atoms with Crippen LogP contribution in [0.4, 0.5) is 0 Å². The first-order valence-electron chi connectivity index (χ1n) is 5.14. The number of rotatable bonds is 4. The fraction of sp³-hybridized carbons (Fsp3) is 0.286. The molecule has 0 atom stereocenters. The van der Waals surface area contributed by atoms with Crippen molar-refractivity contribution in [2.45, 2.75) is 6.92 Å². The molecule has 0 aliphatic carbocycles. The molecule has 0 N–H and O–H groups in total. The number of hydrogen-bond acceptors (Lipinski definition) is 3. The van der Waals surface area contributed by atoms with Gasteiger partial charge in [-0.1, -0.05) is 25.3 Å². The van der Waals surface area contributed by atoms with Gasteiger partial charge in [0.15, 0.2) is 11.5 Å². The minimum atomic E-state index is 0.635. The van der Waals surface area contributed by atoms with Gasteiger partial charge in [0.05, 0.1) is 21.3 Å². The third-order valence-corrected chi connectivity index (χ3v) is 1.98. The van der Waals surface area contributed by atoms with Crippen molar-refractivity contribution in [1.29, 1.82) is 0 Å². The third kappa shape index (κ3) is 4.64. The highest BCUT2D eigenvalue weighted by Gasteiger charge is 2.10. The lowest BCUT2D eigenvalue weighted by atomic mass is 10.2. The SMILES string of the molecule is C=CC=C.COc1cc(C)cc(OC)c1OC. The van der Waals surface area contributed by atoms with Crippen LogP contribution in [0.1, 0.15) is 5.56 Å². The summed E-state index contributed by atoms with van der Waals surface area (Å²) in [6, 6.07) is 3.81. The summed E-state index contributed by atoms with van der Waals surface area (Å²) < 4.78 is 15.5. The molecule has 0 aromatic heterocycles. The molecule has 0 heterocycles. The number of ether oxygens (including phenoxy) is 3. The van der Waals surface area contributed by atoms with Gasteiger partial charge in [-0.25, -0.2) is 0 Å². The van der Waals surface area contributed by atoms with Gasteiger partial charge in [0.1, 0.15) is 0 Å². The largest absolute Gasteiger partial charge is 0.493 e. The monoisotopic (exact) mass is 236 g/mol. The molecule has 1 aromatic rings. The molecule has 0 fully saturated rings. The van der Waals surface area contributed by atoms with Gasteiger partial charge in [-0.2, -0.15) is 0 Å². The van der Waals surface area contributed by atoms with Crippen LogP contribution < -0.4 is 14.2 Å². The molecule has 1 aromatic carbocycles. The van der Waals surface area contributed by atoms with E-state index in [0.717, 1.165) is 5.56 Å². The summed E-state index contributed by atoms with van der Waals surface area (Å²) in [6.45, 7) is 8.70. The van der Waals surface area contributed by atoms with Crippen LogP contribution >= 0.6 is 0 Å². The number of methoxy groups -OCH3 is 3.